The van der Waals surface area contributed by atoms with Gasteiger partial charge in [-0.3, -0.25) is 4.79 Å². The Morgan fingerprint density at radius 1 is 1.38 bits per heavy atom. The van der Waals surface area contributed by atoms with Crippen LogP contribution in [0, 0.1) is 0 Å². The summed E-state index contributed by atoms with van der Waals surface area (Å²) in [6.45, 7) is 0. The van der Waals surface area contributed by atoms with E-state index in [9.17, 15) is 4.79 Å². The van der Waals surface area contributed by atoms with Crippen LogP contribution in [0.15, 0.2) is 24.3 Å². The number of hydrogen-bond acceptors (Lipinski definition) is 1. The van der Waals surface area contributed by atoms with Crippen molar-refractivity contribution in [3.63, 3.8) is 0 Å². The third-order valence-corrected chi connectivity index (χ3v) is 2.09. The highest BCUT2D eigenvalue weighted by Crippen LogP contribution is 2.07. The second-order valence-electron chi connectivity index (χ2n) is 3.25. The van der Waals surface area contributed by atoms with Gasteiger partial charge in [-0.2, -0.15) is 23.8 Å². The first kappa shape index (κ1) is 9.90. The lowest BCUT2D eigenvalue weighted by Gasteiger charge is -2.02. The molecule has 0 aromatic heterocycles. The lowest BCUT2D eigenvalue weighted by Crippen LogP contribution is -1.93. The van der Waals surface area contributed by atoms with Crippen molar-refractivity contribution >= 4 is 5.97 Å². The number of unbranched alkanes of at least 4 members (excludes halogenated alkanes) is 2. The predicted molar refractivity (Wildman–Crippen MR) is 51.8 cm³/mol. The maximum absolute atomic E-state index is 10.2. The van der Waals surface area contributed by atoms with E-state index in [1.165, 1.54) is 5.56 Å². The van der Waals surface area contributed by atoms with Crippen LogP contribution >= 0.6 is 0 Å². The second kappa shape index (κ2) is 5.46. The first-order valence-corrected chi connectivity index (χ1v) is 4.71. The van der Waals surface area contributed by atoms with Gasteiger partial charge in [-0.15, -0.1) is 0 Å². The second-order valence-corrected chi connectivity index (χ2v) is 3.25. The Balaban J connectivity index is 1.99. The van der Waals surface area contributed by atoms with Crippen molar-refractivity contribution in [2.45, 2.75) is 32.1 Å². The van der Waals surface area contributed by atoms with Gasteiger partial charge in [-0.25, -0.2) is 6.07 Å². The molecule has 1 rings (SSSR count). The summed E-state index contributed by atoms with van der Waals surface area (Å²) >= 11 is 0. The van der Waals surface area contributed by atoms with Gasteiger partial charge in [0.05, 0.1) is 0 Å². The SMILES string of the molecule is O=C(O)CCCCCc1cc[cH-]c1. The van der Waals surface area contributed by atoms with E-state index in [-0.39, 0.29) is 0 Å². The highest BCUT2D eigenvalue weighted by atomic mass is 16.4. The van der Waals surface area contributed by atoms with Crippen LogP contribution in [-0.2, 0) is 11.2 Å². The number of aryl methyl sites for hydroxylation is 1. The predicted octanol–water partition coefficient (Wildman–Crippen LogP) is 2.59. The van der Waals surface area contributed by atoms with E-state index in [2.05, 4.69) is 12.1 Å². The minimum absolute atomic E-state index is 0.307. The molecule has 0 heterocycles. The quantitative estimate of drug-likeness (QED) is 0.538. The van der Waals surface area contributed by atoms with Crippen LogP contribution in [0.25, 0.3) is 0 Å². The maximum atomic E-state index is 10.2. The van der Waals surface area contributed by atoms with Crippen LogP contribution in [0.1, 0.15) is 31.2 Å². The van der Waals surface area contributed by atoms with Crippen LogP contribution in [0.2, 0.25) is 0 Å². The molecule has 0 unspecified atom stereocenters. The molecule has 0 radical (unpaired) electrons. The van der Waals surface area contributed by atoms with Crippen molar-refractivity contribution in [2.75, 3.05) is 0 Å². The van der Waals surface area contributed by atoms with E-state index >= 15 is 0 Å². The number of carboxylic acid groups (broad SMARTS) is 1. The van der Waals surface area contributed by atoms with Crippen molar-refractivity contribution in [1.82, 2.24) is 0 Å². The van der Waals surface area contributed by atoms with Crippen LogP contribution in [0.3, 0.4) is 0 Å². The van der Waals surface area contributed by atoms with Crippen LogP contribution in [-0.4, -0.2) is 11.1 Å². The average molecular weight is 179 g/mol. The Bertz CT molecular complexity index is 237. The van der Waals surface area contributed by atoms with Gasteiger partial charge in [-0.05, 0) is 6.42 Å². The average Bonchev–Trinajstić information content (AvgIpc) is 2.55. The van der Waals surface area contributed by atoms with Crippen molar-refractivity contribution in [2.24, 2.45) is 0 Å². The summed E-state index contributed by atoms with van der Waals surface area (Å²) in [4.78, 5) is 10.2. The Morgan fingerprint density at radius 2 is 2.23 bits per heavy atom. The number of rotatable bonds is 6. The topological polar surface area (TPSA) is 37.3 Å². The highest BCUT2D eigenvalue weighted by Gasteiger charge is 1.95. The van der Waals surface area contributed by atoms with Crippen LogP contribution in [0.5, 0.6) is 0 Å². The number of aliphatic carboxylic acids is 1. The molecule has 0 aliphatic rings. The molecule has 0 amide bonds. The Morgan fingerprint density at radius 3 is 2.85 bits per heavy atom. The first-order chi connectivity index (χ1) is 6.29. The number of carbonyl (C=O) groups is 1. The van der Waals surface area contributed by atoms with Gasteiger partial charge in [0.15, 0.2) is 0 Å². The summed E-state index contributed by atoms with van der Waals surface area (Å²) in [5, 5.41) is 8.40. The van der Waals surface area contributed by atoms with E-state index in [0.29, 0.717) is 6.42 Å². The smallest absolute Gasteiger partial charge is 0.303 e. The highest BCUT2D eigenvalue weighted by molar-refractivity contribution is 5.66. The van der Waals surface area contributed by atoms with Gasteiger partial charge in [-0.1, -0.05) is 19.3 Å². The zero-order chi connectivity index (χ0) is 9.52. The molecule has 2 heteroatoms. The lowest BCUT2D eigenvalue weighted by molar-refractivity contribution is -0.137. The number of hydrogen-bond donors (Lipinski definition) is 1. The summed E-state index contributed by atoms with van der Waals surface area (Å²) in [5.74, 6) is -0.687. The van der Waals surface area contributed by atoms with E-state index in [0.717, 1.165) is 25.7 Å². The normalized spacial score (nSPS) is 10.2. The monoisotopic (exact) mass is 179 g/mol. The van der Waals surface area contributed by atoms with Crippen LogP contribution in [0.4, 0.5) is 0 Å². The molecule has 0 spiro atoms. The van der Waals surface area contributed by atoms with E-state index in [1.807, 2.05) is 12.1 Å². The third-order valence-electron chi connectivity index (χ3n) is 2.09. The summed E-state index contributed by atoms with van der Waals surface area (Å²) < 4.78 is 0. The van der Waals surface area contributed by atoms with E-state index < -0.39 is 5.97 Å². The molecule has 0 fully saturated rings. The maximum Gasteiger partial charge on any atom is 0.303 e. The standard InChI is InChI=1S/C11H15O2/c12-11(13)9-3-1-2-6-10-7-4-5-8-10/h4-5,7-8H,1-3,6,9H2,(H,12,13)/q-1. The van der Waals surface area contributed by atoms with Gasteiger partial charge in [0, 0.05) is 6.42 Å². The van der Waals surface area contributed by atoms with Crippen molar-refractivity contribution < 1.29 is 9.90 Å². The van der Waals surface area contributed by atoms with Crippen molar-refractivity contribution in [3.8, 4) is 0 Å². The molecule has 0 atom stereocenters. The molecular formula is C11H15O2-. The van der Waals surface area contributed by atoms with Gasteiger partial charge >= 0.3 is 5.97 Å². The molecule has 1 aromatic carbocycles. The van der Waals surface area contributed by atoms with Gasteiger partial charge in [0.25, 0.3) is 0 Å². The molecule has 13 heavy (non-hydrogen) atoms. The molecule has 1 aromatic rings. The number of carboxylic acids is 1. The zero-order valence-corrected chi connectivity index (χ0v) is 7.70. The molecule has 0 aliphatic heterocycles. The molecule has 0 bridgehead atoms. The zero-order valence-electron chi connectivity index (χ0n) is 7.70. The Labute approximate surface area is 78.6 Å². The summed E-state index contributed by atoms with van der Waals surface area (Å²) in [6.07, 6.45) is 4.29. The minimum Gasteiger partial charge on any atom is -0.481 e. The van der Waals surface area contributed by atoms with E-state index in [4.69, 9.17) is 5.11 Å². The summed E-state index contributed by atoms with van der Waals surface area (Å²) in [5.41, 5.74) is 1.36. The molecular weight excluding hydrogens is 164 g/mol. The molecule has 1 N–H and O–H groups in total. The Hall–Kier alpha value is -1.18. The fourth-order valence-electron chi connectivity index (χ4n) is 1.36. The van der Waals surface area contributed by atoms with Crippen molar-refractivity contribution in [1.29, 1.82) is 0 Å². The lowest BCUT2D eigenvalue weighted by atomic mass is 10.1. The third kappa shape index (κ3) is 4.41. The summed E-state index contributed by atoms with van der Waals surface area (Å²) in [6, 6.07) is 8.29. The van der Waals surface area contributed by atoms with Crippen molar-refractivity contribution in [3.05, 3.63) is 29.8 Å². The van der Waals surface area contributed by atoms with Gasteiger partial charge in [0.2, 0.25) is 0 Å². The molecule has 72 valence electrons. The fraction of sp³-hybridized carbons (Fsp3) is 0.455. The van der Waals surface area contributed by atoms with Gasteiger partial charge < -0.3 is 5.11 Å². The molecule has 0 saturated heterocycles. The molecule has 0 aliphatic carbocycles. The fourth-order valence-corrected chi connectivity index (χ4v) is 1.36. The molecule has 0 saturated carbocycles. The molecule has 2 nitrogen and oxygen atoms in total. The minimum atomic E-state index is -0.687. The summed E-state index contributed by atoms with van der Waals surface area (Å²) in [7, 11) is 0. The largest absolute Gasteiger partial charge is 0.481 e. The Kier molecular flexibility index (Phi) is 4.16. The van der Waals surface area contributed by atoms with Crippen LogP contribution < -0.4 is 0 Å². The first-order valence-electron chi connectivity index (χ1n) is 4.71. The van der Waals surface area contributed by atoms with E-state index in [1.54, 1.807) is 0 Å². The van der Waals surface area contributed by atoms with Gasteiger partial charge in [0.1, 0.15) is 0 Å².